The predicted molar refractivity (Wildman–Crippen MR) is 13.1 cm³/mol. The molecule has 0 aliphatic carbocycles. The van der Waals surface area contributed by atoms with Gasteiger partial charge in [0.1, 0.15) is 0 Å². The number of rotatable bonds is 0. The van der Waals surface area contributed by atoms with Gasteiger partial charge >= 0.3 is 22.1 Å². The van der Waals surface area contributed by atoms with Crippen molar-refractivity contribution < 1.29 is 14.1 Å². The van der Waals surface area contributed by atoms with E-state index in [9.17, 15) is 0 Å². The first kappa shape index (κ1) is 8.84. The molecule has 24 valence electrons. The molecule has 0 aromatic rings. The zero-order chi connectivity index (χ0) is 4.00. The van der Waals surface area contributed by atoms with E-state index in [0.29, 0.717) is 0 Å². The minimum atomic E-state index is 0.125. The molecule has 0 atom stereocenters. The fourth-order valence-electron chi connectivity index (χ4n) is 0. The number of hydrogen-bond donors (Lipinski definition) is 2. The first-order chi connectivity index (χ1) is 2.00. The molecule has 4 heavy (non-hydrogen) atoms. The Morgan fingerprint density at radius 2 is 1.25 bits per heavy atom. The zero-order valence-electron chi connectivity index (χ0n) is 2.01. The van der Waals surface area contributed by atoms with Crippen LogP contribution in [0.3, 0.4) is 0 Å². The summed E-state index contributed by atoms with van der Waals surface area (Å²) in [4.78, 5) is 0. The van der Waals surface area contributed by atoms with Gasteiger partial charge in [-0.15, -0.1) is 0 Å². The molecule has 0 bridgehead atoms. The van der Waals surface area contributed by atoms with E-state index in [4.69, 9.17) is 14.1 Å². The second kappa shape index (κ2) is 147. The van der Waals surface area contributed by atoms with Gasteiger partial charge in [-0.2, -0.15) is 0 Å². The summed E-state index contributed by atoms with van der Waals surface area (Å²) in [6, 6.07) is 0. The van der Waals surface area contributed by atoms with Crippen LogP contribution >= 0.6 is 0 Å². The molecule has 0 unspecified atom stereocenters. The molecule has 3 nitrogen and oxygen atoms in total. The molecule has 0 aromatic carbocycles. The van der Waals surface area contributed by atoms with Crippen LogP contribution in [-0.2, 0) is 3.54 Å². The monoisotopic (exact) mass is 120 g/mol. The molecule has 0 saturated carbocycles. The Bertz CT molecular complexity index is 3.25. The Morgan fingerprint density at radius 3 is 1.25 bits per heavy atom. The van der Waals surface area contributed by atoms with Crippen molar-refractivity contribution in [3.63, 3.8) is 0 Å². The second-order valence-corrected chi connectivity index (χ2v) is 0. The topological polar surface area (TPSA) is 57.5 Å². The van der Waals surface area contributed by atoms with E-state index < -0.39 is 0 Å². The van der Waals surface area contributed by atoms with Gasteiger partial charge in [-0.25, -0.2) is 0 Å². The van der Waals surface area contributed by atoms with Gasteiger partial charge in [0.05, 0.1) is 0 Å². The first-order valence-corrected chi connectivity index (χ1v) is 1.70. The Morgan fingerprint density at radius 1 is 1.25 bits per heavy atom. The first-order valence-electron chi connectivity index (χ1n) is 0.489. The third-order valence-corrected chi connectivity index (χ3v) is 0. The van der Waals surface area contributed by atoms with E-state index >= 15 is 0 Å². The minimum absolute atomic E-state index is 0.125. The van der Waals surface area contributed by atoms with Crippen molar-refractivity contribution in [3.8, 4) is 0 Å². The summed E-state index contributed by atoms with van der Waals surface area (Å²) >= 11 is 0.125. The van der Waals surface area contributed by atoms with E-state index in [1.807, 2.05) is 0 Å². The van der Waals surface area contributed by atoms with Crippen molar-refractivity contribution >= 4 is 18.6 Å². The number of hydrogen-bond acceptors (Lipinski definition) is 3. The third kappa shape index (κ3) is 34.1. The third-order valence-electron chi connectivity index (χ3n) is 0. The molecule has 0 saturated heterocycles. The molecule has 0 aliphatic heterocycles. The molecule has 2 N–H and O–H groups in total. The Kier molecular flexibility index (Phi) is 324. The summed E-state index contributed by atoms with van der Waals surface area (Å²) in [6.45, 7) is 0. The van der Waals surface area contributed by atoms with Gasteiger partial charge < -0.3 is 0 Å². The van der Waals surface area contributed by atoms with Crippen LogP contribution in [-0.4, -0.2) is 29.1 Å². The van der Waals surface area contributed by atoms with E-state index in [1.165, 1.54) is 0 Å². The van der Waals surface area contributed by atoms with Crippen LogP contribution < -0.4 is 0 Å². The summed E-state index contributed by atoms with van der Waals surface area (Å²) in [6.07, 6.45) is 0. The van der Waals surface area contributed by atoms with Crippen molar-refractivity contribution in [2.24, 2.45) is 0 Å². The SMILES string of the molecule is OO.[O]=[GaH]. The van der Waals surface area contributed by atoms with Gasteiger partial charge in [0.15, 0.2) is 0 Å². The quantitative estimate of drug-likeness (QED) is 0.251. The molecule has 0 aliphatic rings. The standard InChI is InChI=1S/Ga.H2O2.O.H/c;1-2;;/h;1-2H;;. The molecule has 0 spiro atoms. The average Bonchev–Trinajstić information content (AvgIpc) is 1.50. The molecule has 0 radical (unpaired) electrons. The molecular weight excluding hydrogens is 118 g/mol. The normalized spacial score (nSPS) is 2.25. The van der Waals surface area contributed by atoms with Gasteiger partial charge in [0.2, 0.25) is 0 Å². The summed E-state index contributed by atoms with van der Waals surface area (Å²) < 4.78 is 8.38. The van der Waals surface area contributed by atoms with Gasteiger partial charge in [-0.05, 0) is 0 Å². The van der Waals surface area contributed by atoms with Gasteiger partial charge in [0, 0.05) is 0 Å². The second-order valence-electron chi connectivity index (χ2n) is 0. The Balaban J connectivity index is 0. The van der Waals surface area contributed by atoms with Crippen molar-refractivity contribution in [2.45, 2.75) is 0 Å². The van der Waals surface area contributed by atoms with Crippen LogP contribution in [0.2, 0.25) is 0 Å². The van der Waals surface area contributed by atoms with Crippen molar-refractivity contribution in [3.05, 3.63) is 0 Å². The molecule has 0 rings (SSSR count). The summed E-state index contributed by atoms with van der Waals surface area (Å²) in [7, 11) is 0. The van der Waals surface area contributed by atoms with Crippen LogP contribution in [0.4, 0.5) is 0 Å². The van der Waals surface area contributed by atoms with Gasteiger partial charge in [0.25, 0.3) is 0 Å². The maximum atomic E-state index is 8.38. The Labute approximate surface area is 33.4 Å². The maximum absolute atomic E-state index is 8.38. The Hall–Kier alpha value is 0.356. The fraction of sp³-hybridized carbons (Fsp3) is 0. The van der Waals surface area contributed by atoms with Crippen molar-refractivity contribution in [1.82, 2.24) is 0 Å². The van der Waals surface area contributed by atoms with Crippen molar-refractivity contribution in [2.75, 3.05) is 0 Å². The average molecular weight is 121 g/mol. The summed E-state index contributed by atoms with van der Waals surface area (Å²) in [5, 5.41) is 12.0. The van der Waals surface area contributed by atoms with Crippen LogP contribution in [0.15, 0.2) is 0 Å². The summed E-state index contributed by atoms with van der Waals surface area (Å²) in [5.41, 5.74) is 0. The van der Waals surface area contributed by atoms with E-state index in [0.717, 1.165) is 0 Å². The molecule has 0 aromatic heterocycles. The fourth-order valence-corrected chi connectivity index (χ4v) is 0. The molecule has 0 amide bonds. The molecule has 0 fully saturated rings. The zero-order valence-corrected chi connectivity index (χ0v) is 4.98. The molecule has 0 heterocycles. The van der Waals surface area contributed by atoms with Gasteiger partial charge in [-0.3, -0.25) is 10.5 Å². The summed E-state index contributed by atoms with van der Waals surface area (Å²) in [5.74, 6) is 0. The van der Waals surface area contributed by atoms with Gasteiger partial charge in [-0.1, -0.05) is 0 Å². The van der Waals surface area contributed by atoms with Crippen LogP contribution in [0.1, 0.15) is 0 Å². The predicted octanol–water partition coefficient (Wildman–Crippen LogP) is -0.750. The van der Waals surface area contributed by atoms with Crippen molar-refractivity contribution in [1.29, 1.82) is 0 Å². The van der Waals surface area contributed by atoms with E-state index in [2.05, 4.69) is 0 Å². The van der Waals surface area contributed by atoms with E-state index in [-0.39, 0.29) is 18.6 Å². The molecular formula is H3GaO3. The van der Waals surface area contributed by atoms with Crippen LogP contribution in [0.25, 0.3) is 0 Å². The molecule has 4 heteroatoms. The van der Waals surface area contributed by atoms with E-state index in [1.54, 1.807) is 0 Å². The van der Waals surface area contributed by atoms with Crippen LogP contribution in [0, 0.1) is 0 Å². The van der Waals surface area contributed by atoms with Crippen LogP contribution in [0.5, 0.6) is 0 Å².